The van der Waals surface area contributed by atoms with Gasteiger partial charge in [-0.3, -0.25) is 0 Å². The number of hydrogen-bond donors (Lipinski definition) is 1. The van der Waals surface area contributed by atoms with E-state index in [0.717, 1.165) is 16.8 Å². The van der Waals surface area contributed by atoms with Crippen LogP contribution in [-0.2, 0) is 18.3 Å². The lowest BCUT2D eigenvalue weighted by Gasteiger charge is -2.40. The summed E-state index contributed by atoms with van der Waals surface area (Å²) < 4.78 is 6.93. The van der Waals surface area contributed by atoms with E-state index >= 15 is 0 Å². The van der Waals surface area contributed by atoms with Crippen LogP contribution in [-0.4, -0.2) is 13.7 Å². The summed E-state index contributed by atoms with van der Waals surface area (Å²) in [5, 5.41) is 0. The number of nitrogens with two attached hydrogens (primary N) is 1. The van der Waals surface area contributed by atoms with Gasteiger partial charge < -0.3 is 10.5 Å². The smallest absolute Gasteiger partial charge is 0.137 e. The number of benzene rings is 1. The van der Waals surface area contributed by atoms with Gasteiger partial charge in [-0.05, 0) is 71.6 Å². The van der Waals surface area contributed by atoms with Crippen LogP contribution in [0, 0.1) is 0 Å². The predicted molar refractivity (Wildman–Crippen MR) is 91.2 cm³/mol. The van der Waals surface area contributed by atoms with Crippen molar-refractivity contribution >= 4 is 15.9 Å². The highest BCUT2D eigenvalue weighted by atomic mass is 79.9. The third kappa shape index (κ3) is 2.63. The van der Waals surface area contributed by atoms with Gasteiger partial charge in [-0.2, -0.15) is 0 Å². The number of rotatable bonds is 3. The molecular formula is C18H26BrNO. The van der Waals surface area contributed by atoms with Crippen molar-refractivity contribution in [2.45, 2.75) is 63.2 Å². The Morgan fingerprint density at radius 1 is 1.14 bits per heavy atom. The molecule has 2 aliphatic carbocycles. The summed E-state index contributed by atoms with van der Waals surface area (Å²) in [5.41, 5.74) is 10.9. The maximum atomic E-state index is 6.31. The van der Waals surface area contributed by atoms with Crippen molar-refractivity contribution in [3.8, 4) is 5.75 Å². The SMILES string of the molecule is COc1c(Br)cc2c(c1C1(CN)CCCCC1)CCCC2. The van der Waals surface area contributed by atoms with Crippen LogP contribution in [0.25, 0.3) is 0 Å². The molecule has 0 aliphatic heterocycles. The fourth-order valence-corrected chi connectivity index (χ4v) is 5.03. The molecule has 0 saturated heterocycles. The first-order valence-corrected chi connectivity index (χ1v) is 9.10. The second-order valence-corrected chi connectivity index (χ2v) is 7.51. The number of halogens is 1. The lowest BCUT2D eigenvalue weighted by atomic mass is 9.66. The molecule has 0 aromatic heterocycles. The number of aryl methyl sites for hydroxylation is 1. The Labute approximate surface area is 136 Å². The molecule has 116 valence electrons. The molecule has 21 heavy (non-hydrogen) atoms. The largest absolute Gasteiger partial charge is 0.495 e. The molecule has 3 rings (SSSR count). The number of methoxy groups -OCH3 is 1. The second-order valence-electron chi connectivity index (χ2n) is 6.66. The van der Waals surface area contributed by atoms with Gasteiger partial charge in [-0.1, -0.05) is 19.3 Å². The van der Waals surface area contributed by atoms with E-state index in [2.05, 4.69) is 22.0 Å². The van der Waals surface area contributed by atoms with E-state index in [1.165, 1.54) is 68.9 Å². The Balaban J connectivity index is 2.20. The normalized spacial score (nSPS) is 20.9. The average Bonchev–Trinajstić information content (AvgIpc) is 2.54. The van der Waals surface area contributed by atoms with Gasteiger partial charge in [0, 0.05) is 17.5 Å². The summed E-state index contributed by atoms with van der Waals surface area (Å²) in [6, 6.07) is 2.28. The third-order valence-electron chi connectivity index (χ3n) is 5.49. The summed E-state index contributed by atoms with van der Waals surface area (Å²) in [6.07, 6.45) is 11.4. The Morgan fingerprint density at radius 3 is 2.52 bits per heavy atom. The molecule has 0 amide bonds. The molecule has 0 unspecified atom stereocenters. The van der Waals surface area contributed by atoms with Gasteiger partial charge in [-0.25, -0.2) is 0 Å². The highest BCUT2D eigenvalue weighted by Crippen LogP contribution is 2.49. The van der Waals surface area contributed by atoms with Gasteiger partial charge in [0.05, 0.1) is 11.6 Å². The molecule has 0 bridgehead atoms. The summed E-state index contributed by atoms with van der Waals surface area (Å²) in [5.74, 6) is 1.04. The van der Waals surface area contributed by atoms with Gasteiger partial charge in [0.25, 0.3) is 0 Å². The van der Waals surface area contributed by atoms with Crippen molar-refractivity contribution in [2.75, 3.05) is 13.7 Å². The minimum Gasteiger partial charge on any atom is -0.495 e. The molecule has 1 saturated carbocycles. The Bertz CT molecular complexity index is 520. The van der Waals surface area contributed by atoms with Crippen molar-refractivity contribution in [1.82, 2.24) is 0 Å². The van der Waals surface area contributed by atoms with Crippen LogP contribution < -0.4 is 10.5 Å². The van der Waals surface area contributed by atoms with E-state index in [4.69, 9.17) is 10.5 Å². The third-order valence-corrected chi connectivity index (χ3v) is 6.08. The fraction of sp³-hybridized carbons (Fsp3) is 0.667. The second kappa shape index (κ2) is 6.29. The summed E-state index contributed by atoms with van der Waals surface area (Å²) in [7, 11) is 1.80. The van der Waals surface area contributed by atoms with Crippen LogP contribution in [0.1, 0.15) is 61.6 Å². The summed E-state index contributed by atoms with van der Waals surface area (Å²) in [4.78, 5) is 0. The molecule has 1 fully saturated rings. The maximum absolute atomic E-state index is 6.31. The van der Waals surface area contributed by atoms with Gasteiger partial charge in [0.2, 0.25) is 0 Å². The summed E-state index contributed by atoms with van der Waals surface area (Å²) >= 11 is 3.74. The topological polar surface area (TPSA) is 35.2 Å². The maximum Gasteiger partial charge on any atom is 0.137 e. The van der Waals surface area contributed by atoms with Crippen molar-refractivity contribution in [3.63, 3.8) is 0 Å². The minimum atomic E-state index is 0.134. The average molecular weight is 352 g/mol. The highest BCUT2D eigenvalue weighted by Gasteiger charge is 2.38. The molecule has 1 aromatic carbocycles. The van der Waals surface area contributed by atoms with Gasteiger partial charge in [-0.15, -0.1) is 0 Å². The fourth-order valence-electron chi connectivity index (χ4n) is 4.39. The van der Waals surface area contributed by atoms with Crippen molar-refractivity contribution < 1.29 is 4.74 Å². The van der Waals surface area contributed by atoms with Crippen LogP contribution in [0.3, 0.4) is 0 Å². The number of fused-ring (bicyclic) bond motifs is 1. The molecule has 0 heterocycles. The molecule has 0 spiro atoms. The zero-order valence-corrected chi connectivity index (χ0v) is 14.6. The van der Waals surface area contributed by atoms with E-state index in [9.17, 15) is 0 Å². The monoisotopic (exact) mass is 351 g/mol. The van der Waals surface area contributed by atoms with E-state index in [1.54, 1.807) is 12.7 Å². The lowest BCUT2D eigenvalue weighted by Crippen LogP contribution is -2.39. The van der Waals surface area contributed by atoms with Gasteiger partial charge in [0.1, 0.15) is 5.75 Å². The quantitative estimate of drug-likeness (QED) is 0.870. The van der Waals surface area contributed by atoms with Crippen LogP contribution in [0.15, 0.2) is 10.5 Å². The Kier molecular flexibility index (Phi) is 4.60. The zero-order valence-electron chi connectivity index (χ0n) is 13.0. The first-order chi connectivity index (χ1) is 10.2. The molecule has 1 aromatic rings. The molecule has 2 nitrogen and oxygen atoms in total. The standard InChI is InChI=1S/C18H26BrNO/c1-21-17-15(19)11-13-7-3-4-8-14(13)16(17)18(12-20)9-5-2-6-10-18/h11H,2-10,12,20H2,1H3. The first-order valence-electron chi connectivity index (χ1n) is 8.30. The van der Waals surface area contributed by atoms with Crippen molar-refractivity contribution in [2.24, 2.45) is 5.73 Å². The van der Waals surface area contributed by atoms with Crippen molar-refractivity contribution in [3.05, 3.63) is 27.2 Å². The number of hydrogen-bond acceptors (Lipinski definition) is 2. The van der Waals surface area contributed by atoms with E-state index in [0.29, 0.717) is 0 Å². The molecule has 2 aliphatic rings. The minimum absolute atomic E-state index is 0.134. The van der Waals surface area contributed by atoms with E-state index in [-0.39, 0.29) is 5.41 Å². The molecule has 0 radical (unpaired) electrons. The van der Waals surface area contributed by atoms with E-state index in [1.807, 2.05) is 0 Å². The Hall–Kier alpha value is -0.540. The van der Waals surface area contributed by atoms with Crippen LogP contribution in [0.2, 0.25) is 0 Å². The van der Waals surface area contributed by atoms with Gasteiger partial charge >= 0.3 is 0 Å². The zero-order chi connectivity index (χ0) is 14.9. The molecule has 3 heteroatoms. The van der Waals surface area contributed by atoms with Crippen LogP contribution >= 0.6 is 15.9 Å². The predicted octanol–water partition coefficient (Wildman–Crippen LogP) is 4.50. The highest BCUT2D eigenvalue weighted by molar-refractivity contribution is 9.10. The molecule has 2 N–H and O–H groups in total. The molecule has 0 atom stereocenters. The summed E-state index contributed by atoms with van der Waals surface area (Å²) in [6.45, 7) is 0.742. The van der Waals surface area contributed by atoms with E-state index < -0.39 is 0 Å². The van der Waals surface area contributed by atoms with Crippen molar-refractivity contribution in [1.29, 1.82) is 0 Å². The first kappa shape index (κ1) is 15.4. The molecular weight excluding hydrogens is 326 g/mol. The van der Waals surface area contributed by atoms with Gasteiger partial charge in [0.15, 0.2) is 0 Å². The van der Waals surface area contributed by atoms with Crippen LogP contribution in [0.4, 0.5) is 0 Å². The number of ether oxygens (including phenoxy) is 1. The Morgan fingerprint density at radius 2 is 1.86 bits per heavy atom. The van der Waals surface area contributed by atoms with Crippen LogP contribution in [0.5, 0.6) is 5.75 Å². The lowest BCUT2D eigenvalue weighted by molar-refractivity contribution is 0.284.